The van der Waals surface area contributed by atoms with Crippen molar-refractivity contribution in [3.63, 3.8) is 0 Å². The second kappa shape index (κ2) is 5.91. The van der Waals surface area contributed by atoms with Gasteiger partial charge in [0.2, 0.25) is 0 Å². The largest absolute Gasteiger partial charge is 0.370 e. The van der Waals surface area contributed by atoms with E-state index in [2.05, 4.69) is 24.2 Å². The second-order valence-corrected chi connectivity index (χ2v) is 8.05. The van der Waals surface area contributed by atoms with Crippen LogP contribution in [-0.2, 0) is 9.84 Å². The molecule has 0 aromatic heterocycles. The fourth-order valence-corrected chi connectivity index (χ4v) is 3.59. The van der Waals surface area contributed by atoms with E-state index in [0.29, 0.717) is 24.7 Å². The Balaban J connectivity index is 2.66. The zero-order valence-corrected chi connectivity index (χ0v) is 12.4. The molecular formula is C12H25N3O2S. The van der Waals surface area contributed by atoms with Crippen molar-refractivity contribution < 1.29 is 8.42 Å². The van der Waals surface area contributed by atoms with Gasteiger partial charge in [-0.05, 0) is 18.8 Å². The number of rotatable bonds is 5. The van der Waals surface area contributed by atoms with Crippen LogP contribution in [0.25, 0.3) is 0 Å². The first kappa shape index (κ1) is 15.3. The van der Waals surface area contributed by atoms with E-state index in [1.807, 2.05) is 0 Å². The Morgan fingerprint density at radius 1 is 1.39 bits per heavy atom. The van der Waals surface area contributed by atoms with E-state index < -0.39 is 14.6 Å². The maximum Gasteiger partial charge on any atom is 0.188 e. The van der Waals surface area contributed by atoms with E-state index in [-0.39, 0.29) is 6.54 Å². The lowest BCUT2D eigenvalue weighted by molar-refractivity contribution is 0.520. The maximum atomic E-state index is 11.9. The molecule has 0 saturated heterocycles. The quantitative estimate of drug-likeness (QED) is 0.577. The third-order valence-corrected chi connectivity index (χ3v) is 5.64. The van der Waals surface area contributed by atoms with Gasteiger partial charge in [-0.3, -0.25) is 4.99 Å². The monoisotopic (exact) mass is 275 g/mol. The number of sulfone groups is 1. The predicted molar refractivity (Wildman–Crippen MR) is 75.4 cm³/mol. The first-order valence-electron chi connectivity index (χ1n) is 6.50. The van der Waals surface area contributed by atoms with E-state index in [0.717, 1.165) is 19.4 Å². The van der Waals surface area contributed by atoms with Crippen molar-refractivity contribution in [2.24, 2.45) is 16.6 Å². The molecule has 106 valence electrons. The minimum Gasteiger partial charge on any atom is -0.370 e. The number of hydrogen-bond donors (Lipinski definition) is 2. The van der Waals surface area contributed by atoms with Crippen molar-refractivity contribution in [2.75, 3.05) is 19.3 Å². The summed E-state index contributed by atoms with van der Waals surface area (Å²) in [4.78, 5) is 4.22. The fraction of sp³-hybridized carbons (Fsp3) is 0.917. The molecule has 1 aliphatic carbocycles. The van der Waals surface area contributed by atoms with Gasteiger partial charge in [0.05, 0.1) is 11.3 Å². The first-order valence-corrected chi connectivity index (χ1v) is 8.39. The average molecular weight is 275 g/mol. The summed E-state index contributed by atoms with van der Waals surface area (Å²) in [5, 5.41) is 3.01. The van der Waals surface area contributed by atoms with Gasteiger partial charge in [-0.25, -0.2) is 8.42 Å². The minimum atomic E-state index is -3.08. The van der Waals surface area contributed by atoms with Crippen LogP contribution in [-0.4, -0.2) is 38.5 Å². The molecule has 3 N–H and O–H groups in total. The molecule has 0 amide bonds. The Hall–Kier alpha value is -0.780. The predicted octanol–water partition coefficient (Wildman–Crippen LogP) is 0.904. The molecule has 0 aromatic rings. The second-order valence-electron chi connectivity index (χ2n) is 5.64. The molecule has 0 bridgehead atoms. The normalized spacial score (nSPS) is 20.3. The van der Waals surface area contributed by atoms with Crippen LogP contribution in [0.3, 0.4) is 0 Å². The van der Waals surface area contributed by atoms with E-state index in [1.165, 1.54) is 6.26 Å². The molecule has 0 radical (unpaired) electrons. The highest BCUT2D eigenvalue weighted by Gasteiger charge is 2.43. The van der Waals surface area contributed by atoms with E-state index in [9.17, 15) is 8.42 Å². The molecule has 1 rings (SSSR count). The van der Waals surface area contributed by atoms with E-state index in [1.54, 1.807) is 0 Å². The molecule has 1 saturated carbocycles. The van der Waals surface area contributed by atoms with Crippen molar-refractivity contribution in [1.82, 2.24) is 5.32 Å². The topological polar surface area (TPSA) is 84.5 Å². The average Bonchev–Trinajstić information content (AvgIpc) is 2.72. The standard InChI is InChI=1S/C12H25N3O2S/c1-10(2)8-14-11(13)15-9-12(18(3,16)17)6-4-5-7-12/h10H,4-9H2,1-3H3,(H3,13,14,15). The smallest absolute Gasteiger partial charge is 0.188 e. The molecule has 6 heteroatoms. The zero-order valence-electron chi connectivity index (χ0n) is 11.6. The van der Waals surface area contributed by atoms with Gasteiger partial charge in [-0.1, -0.05) is 26.7 Å². The van der Waals surface area contributed by atoms with Gasteiger partial charge >= 0.3 is 0 Å². The lowest BCUT2D eigenvalue weighted by atomic mass is 10.1. The molecule has 0 spiro atoms. The molecule has 5 nitrogen and oxygen atoms in total. The third-order valence-electron chi connectivity index (χ3n) is 3.53. The van der Waals surface area contributed by atoms with Gasteiger partial charge in [-0.2, -0.15) is 0 Å². The minimum absolute atomic E-state index is 0.281. The summed E-state index contributed by atoms with van der Waals surface area (Å²) >= 11 is 0. The van der Waals surface area contributed by atoms with Gasteiger partial charge in [0.15, 0.2) is 15.8 Å². The Kier molecular flexibility index (Phi) is 5.01. The van der Waals surface area contributed by atoms with Crippen LogP contribution < -0.4 is 11.1 Å². The van der Waals surface area contributed by atoms with E-state index >= 15 is 0 Å². The molecule has 0 unspecified atom stereocenters. The van der Waals surface area contributed by atoms with Crippen molar-refractivity contribution in [3.05, 3.63) is 0 Å². The molecular weight excluding hydrogens is 250 g/mol. The zero-order chi connectivity index (χ0) is 13.8. The molecule has 0 atom stereocenters. The summed E-state index contributed by atoms with van der Waals surface area (Å²) in [6.45, 7) is 5.19. The number of guanidine groups is 1. The van der Waals surface area contributed by atoms with Crippen LogP contribution in [0, 0.1) is 5.92 Å². The van der Waals surface area contributed by atoms with Crippen LogP contribution in [0.2, 0.25) is 0 Å². The molecule has 18 heavy (non-hydrogen) atoms. The first-order chi connectivity index (χ1) is 8.27. The van der Waals surface area contributed by atoms with Crippen molar-refractivity contribution in [1.29, 1.82) is 0 Å². The summed E-state index contributed by atoms with van der Waals surface area (Å²) in [5.74, 6) is 0.827. The maximum absolute atomic E-state index is 11.9. The Labute approximate surface area is 110 Å². The van der Waals surface area contributed by atoms with Gasteiger partial charge in [0, 0.05) is 12.8 Å². The summed E-state index contributed by atoms with van der Waals surface area (Å²) in [6.07, 6.45) is 4.63. The number of nitrogens with zero attached hydrogens (tertiary/aromatic N) is 1. The Bertz CT molecular complexity index is 396. The highest BCUT2D eigenvalue weighted by atomic mass is 32.2. The fourth-order valence-electron chi connectivity index (χ4n) is 2.26. The number of hydrogen-bond acceptors (Lipinski definition) is 3. The molecule has 0 aliphatic heterocycles. The number of aliphatic imine (C=N–C) groups is 1. The SMILES string of the molecule is CC(C)CNC(N)=NCC1(S(C)(=O)=O)CCCC1. The third kappa shape index (κ3) is 3.86. The number of nitrogens with one attached hydrogen (secondary N) is 1. The summed E-state index contributed by atoms with van der Waals surface area (Å²) in [7, 11) is -3.08. The summed E-state index contributed by atoms with van der Waals surface area (Å²) < 4.78 is 23.1. The Morgan fingerprint density at radius 3 is 2.39 bits per heavy atom. The lowest BCUT2D eigenvalue weighted by Gasteiger charge is -2.24. The molecule has 0 heterocycles. The lowest BCUT2D eigenvalue weighted by Crippen LogP contribution is -2.41. The van der Waals surface area contributed by atoms with Crippen molar-refractivity contribution in [2.45, 2.75) is 44.3 Å². The van der Waals surface area contributed by atoms with Crippen LogP contribution in [0.15, 0.2) is 4.99 Å². The van der Waals surface area contributed by atoms with Crippen LogP contribution >= 0.6 is 0 Å². The molecule has 0 aromatic carbocycles. The van der Waals surface area contributed by atoms with Gasteiger partial charge in [0.1, 0.15) is 0 Å². The van der Waals surface area contributed by atoms with E-state index in [4.69, 9.17) is 5.73 Å². The van der Waals surface area contributed by atoms with Gasteiger partial charge < -0.3 is 11.1 Å². The summed E-state index contributed by atoms with van der Waals surface area (Å²) in [5.41, 5.74) is 5.75. The molecule has 1 fully saturated rings. The summed E-state index contributed by atoms with van der Waals surface area (Å²) in [6, 6.07) is 0. The molecule has 1 aliphatic rings. The van der Waals surface area contributed by atoms with Crippen LogP contribution in [0.4, 0.5) is 0 Å². The van der Waals surface area contributed by atoms with Crippen LogP contribution in [0.5, 0.6) is 0 Å². The number of nitrogens with two attached hydrogens (primary N) is 1. The van der Waals surface area contributed by atoms with Gasteiger partial charge in [0.25, 0.3) is 0 Å². The highest BCUT2D eigenvalue weighted by molar-refractivity contribution is 7.92. The highest BCUT2D eigenvalue weighted by Crippen LogP contribution is 2.36. The van der Waals surface area contributed by atoms with Gasteiger partial charge in [-0.15, -0.1) is 0 Å². The van der Waals surface area contributed by atoms with Crippen molar-refractivity contribution in [3.8, 4) is 0 Å². The van der Waals surface area contributed by atoms with Crippen molar-refractivity contribution >= 4 is 15.8 Å². The van der Waals surface area contributed by atoms with Crippen LogP contribution in [0.1, 0.15) is 39.5 Å². The Morgan fingerprint density at radius 2 is 1.94 bits per heavy atom.